The Morgan fingerprint density at radius 1 is 1.11 bits per heavy atom. The first-order chi connectivity index (χ1) is 13.2. The summed E-state index contributed by atoms with van der Waals surface area (Å²) in [6, 6.07) is 13.9. The van der Waals surface area contributed by atoms with E-state index in [0.29, 0.717) is 12.3 Å². The fraction of sp³-hybridized carbons (Fsp3) is 0.381. The van der Waals surface area contributed by atoms with Crippen molar-refractivity contribution in [2.75, 3.05) is 23.7 Å². The predicted molar refractivity (Wildman–Crippen MR) is 112 cm³/mol. The average Bonchev–Trinajstić information content (AvgIpc) is 2.66. The molecule has 2 rings (SSSR count). The smallest absolute Gasteiger partial charge is 0.243 e. The minimum Gasteiger partial charge on any atom is -0.492 e. The normalized spacial score (nSPS) is 12.3. The first kappa shape index (κ1) is 21.8. The van der Waals surface area contributed by atoms with E-state index in [1.165, 1.54) is 5.56 Å². The second-order valence-electron chi connectivity index (χ2n) is 6.71. The van der Waals surface area contributed by atoms with Gasteiger partial charge in [0, 0.05) is 0 Å². The number of carbonyl (C=O) groups is 1. The van der Waals surface area contributed by atoms with E-state index in [9.17, 15) is 13.2 Å². The van der Waals surface area contributed by atoms with E-state index in [1.54, 1.807) is 19.1 Å². The van der Waals surface area contributed by atoms with Crippen LogP contribution in [0.15, 0.2) is 48.5 Å². The lowest BCUT2D eigenvalue weighted by Crippen LogP contribution is -2.48. The van der Waals surface area contributed by atoms with Gasteiger partial charge in [-0.3, -0.25) is 9.10 Å². The first-order valence-electron chi connectivity index (χ1n) is 9.28. The summed E-state index contributed by atoms with van der Waals surface area (Å²) >= 11 is 0. The van der Waals surface area contributed by atoms with Crippen LogP contribution in [0.25, 0.3) is 0 Å². The number of aryl methyl sites for hydroxylation is 2. The molecule has 0 unspecified atom stereocenters. The van der Waals surface area contributed by atoms with Crippen molar-refractivity contribution >= 4 is 21.6 Å². The van der Waals surface area contributed by atoms with Gasteiger partial charge in [-0.2, -0.15) is 0 Å². The molecule has 0 aromatic heterocycles. The van der Waals surface area contributed by atoms with Crippen LogP contribution in [0.4, 0.5) is 5.69 Å². The van der Waals surface area contributed by atoms with Crippen LogP contribution in [0.1, 0.15) is 25.0 Å². The monoisotopic (exact) mass is 404 g/mol. The van der Waals surface area contributed by atoms with Crippen molar-refractivity contribution in [2.24, 2.45) is 0 Å². The molecule has 0 heterocycles. The minimum atomic E-state index is -3.61. The SMILES string of the molecule is CCc1ccc(OCCNC(=O)[C@@H](C)N(c2ccc(C)cc2)S(C)(=O)=O)cc1. The fourth-order valence-electron chi connectivity index (χ4n) is 2.81. The molecule has 152 valence electrons. The summed E-state index contributed by atoms with van der Waals surface area (Å²) in [6.07, 6.45) is 2.06. The minimum absolute atomic E-state index is 0.282. The predicted octanol–water partition coefficient (Wildman–Crippen LogP) is 2.91. The molecule has 1 atom stereocenters. The van der Waals surface area contributed by atoms with Crippen LogP contribution in [0.3, 0.4) is 0 Å². The van der Waals surface area contributed by atoms with Gasteiger partial charge in [0.05, 0.1) is 18.5 Å². The number of nitrogens with zero attached hydrogens (tertiary/aromatic N) is 1. The molecule has 1 N–H and O–H groups in total. The topological polar surface area (TPSA) is 75.7 Å². The number of ether oxygens (including phenoxy) is 1. The third kappa shape index (κ3) is 5.99. The van der Waals surface area contributed by atoms with Crippen LogP contribution >= 0.6 is 0 Å². The maximum Gasteiger partial charge on any atom is 0.243 e. The standard InChI is InChI=1S/C21H28N2O4S/c1-5-18-8-12-20(13-9-18)27-15-14-22-21(24)17(3)23(28(4,25)26)19-10-6-16(2)7-11-19/h6-13,17H,5,14-15H2,1-4H3,(H,22,24)/t17-/m1/s1. The third-order valence-corrected chi connectivity index (χ3v) is 5.62. The highest BCUT2D eigenvalue weighted by Gasteiger charge is 2.28. The summed E-state index contributed by atoms with van der Waals surface area (Å²) in [7, 11) is -3.61. The number of benzene rings is 2. The van der Waals surface area contributed by atoms with E-state index in [-0.39, 0.29) is 12.5 Å². The second-order valence-corrected chi connectivity index (χ2v) is 8.57. The summed E-state index contributed by atoms with van der Waals surface area (Å²) in [6.45, 7) is 6.15. The highest BCUT2D eigenvalue weighted by molar-refractivity contribution is 7.92. The molecule has 2 aromatic carbocycles. The molecule has 2 aromatic rings. The zero-order valence-electron chi connectivity index (χ0n) is 16.8. The van der Waals surface area contributed by atoms with E-state index in [0.717, 1.165) is 28.3 Å². The fourth-order valence-corrected chi connectivity index (χ4v) is 3.99. The maximum absolute atomic E-state index is 12.5. The van der Waals surface area contributed by atoms with Crippen LogP contribution < -0.4 is 14.4 Å². The largest absolute Gasteiger partial charge is 0.492 e. The lowest BCUT2D eigenvalue weighted by atomic mass is 10.2. The molecule has 7 heteroatoms. The van der Waals surface area contributed by atoms with Gasteiger partial charge in [-0.25, -0.2) is 8.42 Å². The Labute approximate surface area is 167 Å². The van der Waals surface area contributed by atoms with E-state index in [4.69, 9.17) is 4.74 Å². The van der Waals surface area contributed by atoms with Crippen LogP contribution in [0.5, 0.6) is 5.75 Å². The number of hydrogen-bond acceptors (Lipinski definition) is 4. The lowest BCUT2D eigenvalue weighted by molar-refractivity contribution is -0.121. The Balaban J connectivity index is 1.94. The highest BCUT2D eigenvalue weighted by atomic mass is 32.2. The van der Waals surface area contributed by atoms with Crippen LogP contribution in [0, 0.1) is 6.92 Å². The second kappa shape index (κ2) is 9.59. The summed E-state index contributed by atoms with van der Waals surface area (Å²) < 4.78 is 31.2. The lowest BCUT2D eigenvalue weighted by Gasteiger charge is -2.28. The summed E-state index contributed by atoms with van der Waals surface area (Å²) in [4.78, 5) is 12.5. The third-order valence-electron chi connectivity index (χ3n) is 4.38. The number of rotatable bonds is 9. The summed E-state index contributed by atoms with van der Waals surface area (Å²) in [5.74, 6) is 0.354. The van der Waals surface area contributed by atoms with Crippen molar-refractivity contribution in [3.63, 3.8) is 0 Å². The maximum atomic E-state index is 12.5. The molecule has 0 aliphatic rings. The number of amides is 1. The van der Waals surface area contributed by atoms with Crippen molar-refractivity contribution in [3.05, 3.63) is 59.7 Å². The molecule has 1 amide bonds. The average molecular weight is 405 g/mol. The molecule has 0 saturated heterocycles. The first-order valence-corrected chi connectivity index (χ1v) is 11.1. The molecule has 0 bridgehead atoms. The molecular weight excluding hydrogens is 376 g/mol. The van der Waals surface area contributed by atoms with Gasteiger partial charge >= 0.3 is 0 Å². The van der Waals surface area contributed by atoms with Gasteiger partial charge in [-0.05, 0) is 50.1 Å². The molecule has 0 fully saturated rings. The number of carbonyl (C=O) groups excluding carboxylic acids is 1. The summed E-state index contributed by atoms with van der Waals surface area (Å²) in [5.41, 5.74) is 2.70. The molecule has 6 nitrogen and oxygen atoms in total. The van der Waals surface area contributed by atoms with E-state index in [2.05, 4.69) is 12.2 Å². The molecule has 0 spiro atoms. The van der Waals surface area contributed by atoms with Crippen LogP contribution in [0.2, 0.25) is 0 Å². The molecule has 0 aliphatic carbocycles. The Hall–Kier alpha value is -2.54. The van der Waals surface area contributed by atoms with Crippen molar-refractivity contribution in [1.29, 1.82) is 0 Å². The van der Waals surface area contributed by atoms with Gasteiger partial charge in [-0.1, -0.05) is 36.8 Å². The number of nitrogens with one attached hydrogen (secondary N) is 1. The van der Waals surface area contributed by atoms with Crippen LogP contribution in [-0.4, -0.2) is 39.8 Å². The van der Waals surface area contributed by atoms with Crippen molar-refractivity contribution in [1.82, 2.24) is 5.32 Å². The van der Waals surface area contributed by atoms with E-state index < -0.39 is 16.1 Å². The Bertz CT molecular complexity index is 878. The molecular formula is C21H28N2O4S. The Morgan fingerprint density at radius 2 is 1.71 bits per heavy atom. The van der Waals surface area contributed by atoms with Crippen molar-refractivity contribution in [2.45, 2.75) is 33.2 Å². The molecule has 28 heavy (non-hydrogen) atoms. The van der Waals surface area contributed by atoms with Gasteiger partial charge in [0.2, 0.25) is 15.9 Å². The van der Waals surface area contributed by atoms with Gasteiger partial charge in [0.1, 0.15) is 18.4 Å². The van der Waals surface area contributed by atoms with Gasteiger partial charge < -0.3 is 10.1 Å². The van der Waals surface area contributed by atoms with Gasteiger partial charge in [0.25, 0.3) is 0 Å². The highest BCUT2D eigenvalue weighted by Crippen LogP contribution is 2.21. The molecule has 0 saturated carbocycles. The van der Waals surface area contributed by atoms with E-state index in [1.807, 2.05) is 43.3 Å². The quantitative estimate of drug-likeness (QED) is 0.652. The molecule has 0 radical (unpaired) electrons. The van der Waals surface area contributed by atoms with Crippen molar-refractivity contribution < 1.29 is 17.9 Å². The Morgan fingerprint density at radius 3 is 2.25 bits per heavy atom. The van der Waals surface area contributed by atoms with Gasteiger partial charge in [-0.15, -0.1) is 0 Å². The molecule has 0 aliphatic heterocycles. The van der Waals surface area contributed by atoms with Gasteiger partial charge in [0.15, 0.2) is 0 Å². The van der Waals surface area contributed by atoms with E-state index >= 15 is 0 Å². The number of sulfonamides is 1. The van der Waals surface area contributed by atoms with Crippen molar-refractivity contribution in [3.8, 4) is 5.75 Å². The summed E-state index contributed by atoms with van der Waals surface area (Å²) in [5, 5.41) is 2.74. The Kier molecular flexibility index (Phi) is 7.45. The zero-order chi connectivity index (χ0) is 20.7. The van der Waals surface area contributed by atoms with Crippen LogP contribution in [-0.2, 0) is 21.2 Å². The number of hydrogen-bond donors (Lipinski definition) is 1. The zero-order valence-corrected chi connectivity index (χ0v) is 17.6. The number of anilines is 1.